The molecule has 2 aromatic heterocycles. The summed E-state index contributed by atoms with van der Waals surface area (Å²) in [5, 5.41) is 15.9. The maximum atomic E-state index is 11.4. The molecule has 0 unspecified atom stereocenters. The van der Waals surface area contributed by atoms with Gasteiger partial charge in [0, 0.05) is 30.1 Å². The first-order valence-electron chi connectivity index (χ1n) is 11.2. The molecule has 2 atom stereocenters. The Balaban J connectivity index is 1.53. The molecule has 1 aliphatic heterocycles. The lowest BCUT2D eigenvalue weighted by Gasteiger charge is -2.26. The van der Waals surface area contributed by atoms with E-state index in [4.69, 9.17) is 16.6 Å². The molecule has 1 amide bonds. The number of hydrogen-bond acceptors (Lipinski definition) is 5. The number of benzene rings is 2. The molecule has 0 bridgehead atoms. The maximum Gasteiger partial charge on any atom is 0.335 e. The van der Waals surface area contributed by atoms with Crippen LogP contribution < -0.4 is 15.5 Å². The molecule has 1 fully saturated rings. The number of carbonyl (C=O) groups is 2. The summed E-state index contributed by atoms with van der Waals surface area (Å²) in [6.07, 6.45) is 1.74. The number of carboxylic acids is 1. The fourth-order valence-corrected chi connectivity index (χ4v) is 4.62. The highest BCUT2D eigenvalue weighted by Crippen LogP contribution is 2.43. The average Bonchev–Trinajstić information content (AvgIpc) is 3.49. The van der Waals surface area contributed by atoms with Gasteiger partial charge in [-0.25, -0.2) is 4.79 Å². The van der Waals surface area contributed by atoms with Crippen molar-refractivity contribution in [3.8, 4) is 11.3 Å². The van der Waals surface area contributed by atoms with Gasteiger partial charge in [0.1, 0.15) is 17.6 Å². The van der Waals surface area contributed by atoms with E-state index in [2.05, 4.69) is 15.6 Å². The van der Waals surface area contributed by atoms with Crippen LogP contribution in [0.3, 0.4) is 0 Å². The number of nitrogens with one attached hydrogen (secondary N) is 2. The van der Waals surface area contributed by atoms with E-state index in [1.807, 2.05) is 59.5 Å². The summed E-state index contributed by atoms with van der Waals surface area (Å²) < 4.78 is 6.31. The SMILES string of the molecule is CC(=O)Nc1ccc(N2C(=S)N[C@@H](c3ccccn3)[C@@H]2c2ccc(-c3ccc(C(=O)O)cc3)o2)cc1. The Kier molecular flexibility index (Phi) is 6.22. The van der Waals surface area contributed by atoms with Crippen molar-refractivity contribution in [3.05, 3.63) is 102 Å². The molecular formula is C27H22N4O4S. The number of furan rings is 1. The van der Waals surface area contributed by atoms with Gasteiger partial charge in [0.05, 0.1) is 17.3 Å². The van der Waals surface area contributed by atoms with E-state index in [9.17, 15) is 14.7 Å². The van der Waals surface area contributed by atoms with Gasteiger partial charge < -0.3 is 25.1 Å². The van der Waals surface area contributed by atoms with Crippen molar-refractivity contribution in [2.24, 2.45) is 0 Å². The van der Waals surface area contributed by atoms with Gasteiger partial charge in [0.2, 0.25) is 5.91 Å². The molecule has 1 saturated heterocycles. The number of carboxylic acid groups (broad SMARTS) is 1. The Hall–Kier alpha value is -4.50. The smallest absolute Gasteiger partial charge is 0.335 e. The molecule has 4 aromatic rings. The van der Waals surface area contributed by atoms with Crippen LogP contribution in [-0.4, -0.2) is 27.1 Å². The second-order valence-electron chi connectivity index (χ2n) is 8.31. The number of amides is 1. The lowest BCUT2D eigenvalue weighted by Crippen LogP contribution is -2.29. The monoisotopic (exact) mass is 498 g/mol. The van der Waals surface area contributed by atoms with Crippen LogP contribution in [0.2, 0.25) is 0 Å². The lowest BCUT2D eigenvalue weighted by molar-refractivity contribution is -0.114. The van der Waals surface area contributed by atoms with Crippen LogP contribution in [0, 0.1) is 0 Å². The van der Waals surface area contributed by atoms with E-state index in [0.29, 0.717) is 22.3 Å². The van der Waals surface area contributed by atoms with Gasteiger partial charge in [0.15, 0.2) is 5.11 Å². The topological polar surface area (TPSA) is 108 Å². The summed E-state index contributed by atoms with van der Waals surface area (Å²) in [5.74, 6) is 0.154. The molecule has 1 aliphatic rings. The Morgan fingerprint density at radius 2 is 1.78 bits per heavy atom. The number of thiocarbonyl (C=S) groups is 1. The van der Waals surface area contributed by atoms with Crippen molar-refractivity contribution in [3.63, 3.8) is 0 Å². The molecule has 36 heavy (non-hydrogen) atoms. The molecule has 8 nitrogen and oxygen atoms in total. The van der Waals surface area contributed by atoms with E-state index >= 15 is 0 Å². The number of carbonyl (C=O) groups excluding carboxylic acids is 1. The minimum Gasteiger partial charge on any atom is -0.478 e. The van der Waals surface area contributed by atoms with Crippen molar-refractivity contribution in [2.45, 2.75) is 19.0 Å². The number of hydrogen-bond donors (Lipinski definition) is 3. The molecule has 5 rings (SSSR count). The molecule has 9 heteroatoms. The molecule has 3 heterocycles. The molecular weight excluding hydrogens is 476 g/mol. The Labute approximate surface area is 212 Å². The molecule has 2 aromatic carbocycles. The largest absolute Gasteiger partial charge is 0.478 e. The number of nitrogens with zero attached hydrogens (tertiary/aromatic N) is 2. The molecule has 0 radical (unpaired) electrons. The zero-order valence-corrected chi connectivity index (χ0v) is 20.0. The van der Waals surface area contributed by atoms with Crippen molar-refractivity contribution in [2.75, 3.05) is 10.2 Å². The van der Waals surface area contributed by atoms with Gasteiger partial charge in [-0.05, 0) is 72.9 Å². The predicted molar refractivity (Wildman–Crippen MR) is 140 cm³/mol. The van der Waals surface area contributed by atoms with E-state index in [1.165, 1.54) is 6.92 Å². The number of aromatic nitrogens is 1. The Morgan fingerprint density at radius 3 is 2.42 bits per heavy atom. The Morgan fingerprint density at radius 1 is 1.03 bits per heavy atom. The maximum absolute atomic E-state index is 11.4. The zero-order valence-electron chi connectivity index (χ0n) is 19.2. The molecule has 0 saturated carbocycles. The van der Waals surface area contributed by atoms with E-state index in [1.54, 1.807) is 30.5 Å². The quantitative estimate of drug-likeness (QED) is 0.312. The lowest BCUT2D eigenvalue weighted by atomic mass is 10.0. The summed E-state index contributed by atoms with van der Waals surface area (Å²) in [4.78, 5) is 29.1. The van der Waals surface area contributed by atoms with Crippen molar-refractivity contribution in [1.29, 1.82) is 0 Å². The third-order valence-corrected chi connectivity index (χ3v) is 6.21. The third kappa shape index (κ3) is 4.56. The predicted octanol–water partition coefficient (Wildman–Crippen LogP) is 5.18. The number of aromatic carboxylic acids is 1. The van der Waals surface area contributed by atoms with Crippen LogP contribution in [-0.2, 0) is 4.79 Å². The minimum absolute atomic E-state index is 0.145. The normalized spacial score (nSPS) is 17.0. The zero-order chi connectivity index (χ0) is 25.2. The van der Waals surface area contributed by atoms with Crippen molar-refractivity contribution in [1.82, 2.24) is 10.3 Å². The summed E-state index contributed by atoms with van der Waals surface area (Å²) in [7, 11) is 0. The van der Waals surface area contributed by atoms with Crippen LogP contribution in [0.25, 0.3) is 11.3 Å². The second kappa shape index (κ2) is 9.63. The van der Waals surface area contributed by atoms with Crippen molar-refractivity contribution >= 4 is 40.6 Å². The van der Waals surface area contributed by atoms with E-state index in [-0.39, 0.29) is 23.6 Å². The van der Waals surface area contributed by atoms with Gasteiger partial charge in [-0.15, -0.1) is 0 Å². The summed E-state index contributed by atoms with van der Waals surface area (Å²) in [6.45, 7) is 1.46. The first-order chi connectivity index (χ1) is 17.4. The second-order valence-corrected chi connectivity index (χ2v) is 8.70. The fraction of sp³-hybridized carbons (Fsp3) is 0.111. The summed E-state index contributed by atoms with van der Waals surface area (Å²) >= 11 is 5.74. The van der Waals surface area contributed by atoms with Crippen LogP contribution in [0.15, 0.2) is 89.5 Å². The minimum atomic E-state index is -0.981. The van der Waals surface area contributed by atoms with Crippen LogP contribution in [0.5, 0.6) is 0 Å². The number of rotatable bonds is 6. The molecule has 180 valence electrons. The van der Waals surface area contributed by atoms with E-state index < -0.39 is 5.97 Å². The molecule has 0 spiro atoms. The first kappa shape index (κ1) is 23.3. The highest BCUT2D eigenvalue weighted by atomic mass is 32.1. The molecule has 3 N–H and O–H groups in total. The van der Waals surface area contributed by atoms with Gasteiger partial charge in [-0.1, -0.05) is 18.2 Å². The van der Waals surface area contributed by atoms with Crippen LogP contribution in [0.4, 0.5) is 11.4 Å². The van der Waals surface area contributed by atoms with Crippen LogP contribution >= 0.6 is 12.2 Å². The van der Waals surface area contributed by atoms with Gasteiger partial charge in [-0.2, -0.15) is 0 Å². The summed E-state index contributed by atoms with van der Waals surface area (Å²) in [5.41, 5.74) is 3.30. The van der Waals surface area contributed by atoms with Crippen LogP contribution in [0.1, 0.15) is 40.8 Å². The highest BCUT2D eigenvalue weighted by Gasteiger charge is 2.42. The van der Waals surface area contributed by atoms with E-state index in [0.717, 1.165) is 16.9 Å². The first-order valence-corrected chi connectivity index (χ1v) is 11.6. The summed E-state index contributed by atoms with van der Waals surface area (Å²) in [6, 6.07) is 22.8. The highest BCUT2D eigenvalue weighted by molar-refractivity contribution is 7.80. The van der Waals surface area contributed by atoms with Gasteiger partial charge >= 0.3 is 5.97 Å². The number of pyridine rings is 1. The Bertz CT molecular complexity index is 1420. The average molecular weight is 499 g/mol. The van der Waals surface area contributed by atoms with Crippen molar-refractivity contribution < 1.29 is 19.1 Å². The number of anilines is 2. The third-order valence-electron chi connectivity index (χ3n) is 5.90. The van der Waals surface area contributed by atoms with Gasteiger partial charge in [-0.3, -0.25) is 9.78 Å². The standard InChI is InChI=1S/C27H22N4O4S/c1-16(32)29-19-9-11-20(12-10-19)31-25(24(30-27(31)36)21-4-2-3-15-28-21)23-14-13-22(35-23)17-5-7-18(8-6-17)26(33)34/h2-15,24-25H,1H3,(H,29,32)(H,30,36)(H,33,34)/t24-,25-/m0/s1. The molecule has 0 aliphatic carbocycles. The fourth-order valence-electron chi connectivity index (χ4n) is 4.27. The van der Waals surface area contributed by atoms with Gasteiger partial charge in [0.25, 0.3) is 0 Å².